The third kappa shape index (κ3) is 6.22. The van der Waals surface area contributed by atoms with Crippen molar-refractivity contribution in [3.05, 3.63) is 60.2 Å². The highest BCUT2D eigenvalue weighted by atomic mass is 16.2. The minimum atomic E-state index is -0.128. The molecule has 5 nitrogen and oxygen atoms in total. The number of anilines is 2. The second-order valence-electron chi connectivity index (χ2n) is 7.22. The molecule has 0 aliphatic carbocycles. The molecule has 2 amide bonds. The van der Waals surface area contributed by atoms with Gasteiger partial charge in [-0.3, -0.25) is 14.5 Å². The van der Waals surface area contributed by atoms with Crippen LogP contribution in [0.15, 0.2) is 54.6 Å². The first kappa shape index (κ1) is 19.1. The van der Waals surface area contributed by atoms with Gasteiger partial charge in [-0.1, -0.05) is 36.4 Å². The van der Waals surface area contributed by atoms with Crippen LogP contribution in [0.4, 0.5) is 11.4 Å². The van der Waals surface area contributed by atoms with Crippen molar-refractivity contribution in [2.45, 2.75) is 26.2 Å². The lowest BCUT2D eigenvalue weighted by molar-refractivity contribution is -0.117. The Morgan fingerprint density at radius 2 is 1.63 bits per heavy atom. The van der Waals surface area contributed by atoms with Crippen molar-refractivity contribution in [2.24, 2.45) is 5.92 Å². The Kier molecular flexibility index (Phi) is 6.60. The van der Waals surface area contributed by atoms with Crippen LogP contribution < -0.4 is 10.6 Å². The summed E-state index contributed by atoms with van der Waals surface area (Å²) >= 11 is 0. The van der Waals surface area contributed by atoms with Crippen LogP contribution in [0.1, 0.15) is 25.3 Å². The molecule has 2 N–H and O–H groups in total. The smallest absolute Gasteiger partial charge is 0.238 e. The molecule has 0 bridgehead atoms. The van der Waals surface area contributed by atoms with Gasteiger partial charge < -0.3 is 10.6 Å². The molecule has 0 radical (unpaired) electrons. The molecule has 2 aromatic rings. The Morgan fingerprint density at radius 3 is 2.30 bits per heavy atom. The molecule has 1 aliphatic rings. The minimum Gasteiger partial charge on any atom is -0.326 e. The quantitative estimate of drug-likeness (QED) is 0.823. The Balaban J connectivity index is 1.43. The fourth-order valence-corrected chi connectivity index (χ4v) is 3.58. The van der Waals surface area contributed by atoms with E-state index in [2.05, 4.69) is 45.9 Å². The maximum absolute atomic E-state index is 12.3. The summed E-state index contributed by atoms with van der Waals surface area (Å²) < 4.78 is 0. The zero-order chi connectivity index (χ0) is 19.1. The predicted octanol–water partition coefficient (Wildman–Crippen LogP) is 3.54. The average molecular weight is 365 g/mol. The van der Waals surface area contributed by atoms with Crippen LogP contribution in [0.25, 0.3) is 0 Å². The van der Waals surface area contributed by atoms with E-state index in [0.717, 1.165) is 32.4 Å². The summed E-state index contributed by atoms with van der Waals surface area (Å²) in [5.41, 5.74) is 2.78. The highest BCUT2D eigenvalue weighted by Gasteiger charge is 2.21. The van der Waals surface area contributed by atoms with Crippen molar-refractivity contribution in [2.75, 3.05) is 30.3 Å². The monoisotopic (exact) mass is 365 g/mol. The van der Waals surface area contributed by atoms with Gasteiger partial charge in [0.05, 0.1) is 6.54 Å². The molecule has 1 aliphatic heterocycles. The predicted molar refractivity (Wildman–Crippen MR) is 109 cm³/mol. The van der Waals surface area contributed by atoms with E-state index >= 15 is 0 Å². The van der Waals surface area contributed by atoms with Crippen LogP contribution in [0.3, 0.4) is 0 Å². The standard InChI is InChI=1S/C22H27N3O2/c1-17(26)23-20-8-5-9-21(15-20)24-22(27)16-25-12-10-19(11-13-25)14-18-6-3-2-4-7-18/h2-9,15,19H,10-14,16H2,1H3,(H,23,26)(H,24,27). The molecule has 3 rings (SSSR count). The summed E-state index contributed by atoms with van der Waals surface area (Å²) in [6.45, 7) is 3.78. The number of rotatable bonds is 6. The summed E-state index contributed by atoms with van der Waals surface area (Å²) in [5.74, 6) is 0.550. The Labute approximate surface area is 160 Å². The van der Waals surface area contributed by atoms with Crippen molar-refractivity contribution in [3.63, 3.8) is 0 Å². The van der Waals surface area contributed by atoms with Gasteiger partial charge in [-0.2, -0.15) is 0 Å². The number of carbonyl (C=O) groups excluding carboxylic acids is 2. The van der Waals surface area contributed by atoms with Gasteiger partial charge in [0.15, 0.2) is 0 Å². The van der Waals surface area contributed by atoms with E-state index in [1.54, 1.807) is 12.1 Å². The van der Waals surface area contributed by atoms with Gasteiger partial charge in [-0.15, -0.1) is 0 Å². The van der Waals surface area contributed by atoms with Crippen LogP contribution in [0.2, 0.25) is 0 Å². The molecular weight excluding hydrogens is 338 g/mol. The van der Waals surface area contributed by atoms with Crippen molar-refractivity contribution >= 4 is 23.2 Å². The SMILES string of the molecule is CC(=O)Nc1cccc(NC(=O)CN2CCC(Cc3ccccc3)CC2)c1. The minimum absolute atomic E-state index is 0.0171. The summed E-state index contributed by atoms with van der Waals surface area (Å²) in [7, 11) is 0. The molecule has 1 saturated heterocycles. The van der Waals surface area contributed by atoms with Gasteiger partial charge in [0.2, 0.25) is 11.8 Å². The van der Waals surface area contributed by atoms with E-state index in [9.17, 15) is 9.59 Å². The largest absolute Gasteiger partial charge is 0.326 e. The average Bonchev–Trinajstić information content (AvgIpc) is 2.64. The third-order valence-corrected chi connectivity index (χ3v) is 4.91. The Hall–Kier alpha value is -2.66. The van der Waals surface area contributed by atoms with Crippen LogP contribution in [-0.2, 0) is 16.0 Å². The summed E-state index contributed by atoms with van der Waals surface area (Å²) in [5, 5.41) is 5.65. The topological polar surface area (TPSA) is 61.4 Å². The lowest BCUT2D eigenvalue weighted by atomic mass is 9.90. The maximum atomic E-state index is 12.3. The van der Waals surface area contributed by atoms with Crippen molar-refractivity contribution in [1.82, 2.24) is 4.90 Å². The van der Waals surface area contributed by atoms with Gasteiger partial charge in [0.25, 0.3) is 0 Å². The number of piperidine rings is 1. The molecule has 142 valence electrons. The number of likely N-dealkylation sites (tertiary alicyclic amines) is 1. The molecule has 5 heteroatoms. The molecular formula is C22H27N3O2. The number of benzene rings is 2. The van der Waals surface area contributed by atoms with Gasteiger partial charge in [-0.05, 0) is 62.0 Å². The fourth-order valence-electron chi connectivity index (χ4n) is 3.58. The molecule has 1 heterocycles. The van der Waals surface area contributed by atoms with Crippen molar-refractivity contribution in [1.29, 1.82) is 0 Å². The summed E-state index contributed by atoms with van der Waals surface area (Å²) in [6.07, 6.45) is 3.37. The van der Waals surface area contributed by atoms with E-state index in [0.29, 0.717) is 23.8 Å². The van der Waals surface area contributed by atoms with Gasteiger partial charge in [-0.25, -0.2) is 0 Å². The Bertz CT molecular complexity index is 768. The lowest BCUT2D eigenvalue weighted by Gasteiger charge is -2.31. The first-order valence-electron chi connectivity index (χ1n) is 9.52. The van der Waals surface area contributed by atoms with Crippen LogP contribution >= 0.6 is 0 Å². The molecule has 1 fully saturated rings. The second-order valence-corrected chi connectivity index (χ2v) is 7.22. The van der Waals surface area contributed by atoms with Crippen LogP contribution in [0, 0.1) is 5.92 Å². The molecule has 27 heavy (non-hydrogen) atoms. The van der Waals surface area contributed by atoms with Gasteiger partial charge in [0, 0.05) is 18.3 Å². The normalized spacial score (nSPS) is 15.3. The van der Waals surface area contributed by atoms with Crippen molar-refractivity contribution < 1.29 is 9.59 Å². The number of hydrogen-bond acceptors (Lipinski definition) is 3. The van der Waals surface area contributed by atoms with E-state index in [4.69, 9.17) is 0 Å². The molecule has 0 atom stereocenters. The van der Waals surface area contributed by atoms with Crippen LogP contribution in [0.5, 0.6) is 0 Å². The molecule has 0 unspecified atom stereocenters. The highest BCUT2D eigenvalue weighted by molar-refractivity contribution is 5.94. The van der Waals surface area contributed by atoms with Gasteiger partial charge in [0.1, 0.15) is 0 Å². The highest BCUT2D eigenvalue weighted by Crippen LogP contribution is 2.22. The van der Waals surface area contributed by atoms with E-state index in [1.165, 1.54) is 12.5 Å². The first-order chi connectivity index (χ1) is 13.1. The Morgan fingerprint density at radius 1 is 0.963 bits per heavy atom. The van der Waals surface area contributed by atoms with E-state index in [-0.39, 0.29) is 11.8 Å². The van der Waals surface area contributed by atoms with Crippen LogP contribution in [-0.4, -0.2) is 36.3 Å². The second kappa shape index (κ2) is 9.33. The summed E-state index contributed by atoms with van der Waals surface area (Å²) in [6, 6.07) is 17.8. The maximum Gasteiger partial charge on any atom is 0.238 e. The number of hydrogen-bond donors (Lipinski definition) is 2. The molecule has 2 aromatic carbocycles. The number of nitrogens with one attached hydrogen (secondary N) is 2. The number of carbonyl (C=O) groups is 2. The van der Waals surface area contributed by atoms with Gasteiger partial charge >= 0.3 is 0 Å². The van der Waals surface area contributed by atoms with Crippen molar-refractivity contribution in [3.8, 4) is 0 Å². The molecule has 0 spiro atoms. The first-order valence-corrected chi connectivity index (χ1v) is 9.52. The number of amides is 2. The third-order valence-electron chi connectivity index (χ3n) is 4.91. The van der Waals surface area contributed by atoms with E-state index in [1.807, 2.05) is 12.1 Å². The zero-order valence-electron chi connectivity index (χ0n) is 15.8. The summed E-state index contributed by atoms with van der Waals surface area (Å²) in [4.78, 5) is 25.7. The lowest BCUT2D eigenvalue weighted by Crippen LogP contribution is -2.39. The fraction of sp³-hybridized carbons (Fsp3) is 0.364. The van der Waals surface area contributed by atoms with E-state index < -0.39 is 0 Å². The molecule has 0 aromatic heterocycles. The molecule has 0 saturated carbocycles. The zero-order valence-corrected chi connectivity index (χ0v) is 15.8. The number of nitrogens with zero attached hydrogens (tertiary/aromatic N) is 1.